The maximum Gasteiger partial charge on any atom is 0.293 e. The van der Waals surface area contributed by atoms with Crippen LogP contribution in [0.2, 0.25) is 0 Å². The second-order valence-corrected chi connectivity index (χ2v) is 6.48. The number of anilines is 1. The Kier molecular flexibility index (Phi) is 4.50. The van der Waals surface area contributed by atoms with E-state index in [0.29, 0.717) is 5.69 Å². The molecule has 1 aromatic heterocycles. The molecule has 0 aliphatic heterocycles. The molecule has 0 atom stereocenters. The lowest BCUT2D eigenvalue weighted by molar-refractivity contribution is -0.384. The van der Waals surface area contributed by atoms with Crippen molar-refractivity contribution in [2.75, 3.05) is 12.4 Å². The number of sulfonamides is 1. The fourth-order valence-corrected chi connectivity index (χ4v) is 3.20. The van der Waals surface area contributed by atoms with Crippen molar-refractivity contribution in [1.29, 1.82) is 0 Å². The molecule has 0 aliphatic carbocycles. The molecule has 0 saturated carbocycles. The van der Waals surface area contributed by atoms with Crippen molar-refractivity contribution >= 4 is 32.7 Å². The number of hydrogen-bond acceptors (Lipinski definition) is 7. The minimum atomic E-state index is -3.83. The SMILES string of the molecule is CNc1ccc(S(=O)(=O)NCc2cscn2)cc1[N+](=O)[O-]. The van der Waals surface area contributed by atoms with Crippen molar-refractivity contribution in [1.82, 2.24) is 9.71 Å². The third-order valence-corrected chi connectivity index (χ3v) is 4.71. The van der Waals surface area contributed by atoms with Gasteiger partial charge >= 0.3 is 0 Å². The summed E-state index contributed by atoms with van der Waals surface area (Å²) in [5, 5.41) is 15.3. The van der Waals surface area contributed by atoms with E-state index in [-0.39, 0.29) is 22.8 Å². The van der Waals surface area contributed by atoms with Gasteiger partial charge in [-0.15, -0.1) is 11.3 Å². The van der Waals surface area contributed by atoms with E-state index in [1.165, 1.54) is 30.5 Å². The molecular formula is C11H12N4O4S2. The molecule has 8 nitrogen and oxygen atoms in total. The standard InChI is InChI=1S/C11H12N4O4S2/c1-12-10-3-2-9(4-11(10)15(16)17)21(18,19)14-5-8-6-20-7-13-8/h2-4,6-7,12,14H,5H2,1H3. The largest absolute Gasteiger partial charge is 0.383 e. The molecule has 1 aromatic carbocycles. The van der Waals surface area contributed by atoms with Gasteiger partial charge in [-0.2, -0.15) is 0 Å². The highest BCUT2D eigenvalue weighted by Gasteiger charge is 2.20. The first kappa shape index (κ1) is 15.4. The van der Waals surface area contributed by atoms with E-state index >= 15 is 0 Å². The molecule has 0 aliphatic rings. The third kappa shape index (κ3) is 3.54. The molecule has 0 unspecified atom stereocenters. The van der Waals surface area contributed by atoms with Crippen LogP contribution < -0.4 is 10.0 Å². The number of rotatable bonds is 6. The first-order chi connectivity index (χ1) is 9.94. The Morgan fingerprint density at radius 1 is 1.43 bits per heavy atom. The van der Waals surface area contributed by atoms with Crippen LogP contribution in [0.1, 0.15) is 5.69 Å². The summed E-state index contributed by atoms with van der Waals surface area (Å²) >= 11 is 1.35. The quantitative estimate of drug-likeness (QED) is 0.614. The molecule has 0 saturated heterocycles. The van der Waals surface area contributed by atoms with E-state index in [1.54, 1.807) is 10.9 Å². The fraction of sp³-hybridized carbons (Fsp3) is 0.182. The third-order valence-electron chi connectivity index (χ3n) is 2.67. The number of aromatic nitrogens is 1. The number of nitrogens with one attached hydrogen (secondary N) is 2. The van der Waals surface area contributed by atoms with Gasteiger partial charge in [0.1, 0.15) is 5.69 Å². The van der Waals surface area contributed by atoms with Gasteiger partial charge in [-0.1, -0.05) is 0 Å². The van der Waals surface area contributed by atoms with Crippen molar-refractivity contribution < 1.29 is 13.3 Å². The van der Waals surface area contributed by atoms with Gasteiger partial charge in [0.2, 0.25) is 10.0 Å². The van der Waals surface area contributed by atoms with E-state index < -0.39 is 14.9 Å². The lowest BCUT2D eigenvalue weighted by atomic mass is 10.3. The van der Waals surface area contributed by atoms with Crippen LogP contribution in [-0.2, 0) is 16.6 Å². The lowest BCUT2D eigenvalue weighted by Crippen LogP contribution is -2.23. The molecule has 10 heteroatoms. The summed E-state index contributed by atoms with van der Waals surface area (Å²) in [7, 11) is -2.31. The average Bonchev–Trinajstić information content (AvgIpc) is 2.97. The Bertz CT molecular complexity index is 744. The van der Waals surface area contributed by atoms with Crippen LogP contribution in [0.3, 0.4) is 0 Å². The van der Waals surface area contributed by atoms with Gasteiger partial charge in [0.15, 0.2) is 0 Å². The molecule has 2 N–H and O–H groups in total. The van der Waals surface area contributed by atoms with Gasteiger partial charge in [0.05, 0.1) is 27.6 Å². The lowest BCUT2D eigenvalue weighted by Gasteiger charge is -2.07. The topological polar surface area (TPSA) is 114 Å². The van der Waals surface area contributed by atoms with E-state index in [2.05, 4.69) is 15.0 Å². The monoisotopic (exact) mass is 328 g/mol. The van der Waals surface area contributed by atoms with E-state index in [9.17, 15) is 18.5 Å². The smallest absolute Gasteiger partial charge is 0.293 e. The van der Waals surface area contributed by atoms with E-state index in [4.69, 9.17) is 0 Å². The summed E-state index contributed by atoms with van der Waals surface area (Å²) in [6.45, 7) is 0.0351. The zero-order valence-electron chi connectivity index (χ0n) is 10.9. The second-order valence-electron chi connectivity index (χ2n) is 3.99. The zero-order chi connectivity index (χ0) is 15.5. The van der Waals surface area contributed by atoms with Gasteiger partial charge in [-0.3, -0.25) is 10.1 Å². The van der Waals surface area contributed by atoms with Crippen molar-refractivity contribution in [3.8, 4) is 0 Å². The van der Waals surface area contributed by atoms with Crippen LogP contribution in [0, 0.1) is 10.1 Å². The summed E-state index contributed by atoms with van der Waals surface area (Å²) in [5.74, 6) is 0. The molecule has 0 amide bonds. The fourth-order valence-electron chi connectivity index (χ4n) is 1.62. The molecule has 112 valence electrons. The minimum Gasteiger partial charge on any atom is -0.383 e. The predicted octanol–water partition coefficient (Wildman–Crippen LogP) is 1.57. The van der Waals surface area contributed by atoms with Gasteiger partial charge in [0.25, 0.3) is 5.69 Å². The Labute approximate surface area is 125 Å². The van der Waals surface area contributed by atoms with Crippen LogP contribution in [0.15, 0.2) is 34.0 Å². The minimum absolute atomic E-state index is 0.0351. The number of nitro groups is 1. The molecule has 2 rings (SSSR count). The molecule has 0 spiro atoms. The van der Waals surface area contributed by atoms with Gasteiger partial charge in [-0.25, -0.2) is 18.1 Å². The van der Waals surface area contributed by atoms with Crippen LogP contribution in [0.4, 0.5) is 11.4 Å². The molecule has 0 fully saturated rings. The summed E-state index contributed by atoms with van der Waals surface area (Å²) in [5.41, 5.74) is 2.13. The first-order valence-corrected chi connectivity index (χ1v) is 8.19. The summed E-state index contributed by atoms with van der Waals surface area (Å²) < 4.78 is 26.6. The second kappa shape index (κ2) is 6.16. The van der Waals surface area contributed by atoms with Crippen LogP contribution in [-0.4, -0.2) is 25.4 Å². The number of thiazole rings is 1. The van der Waals surface area contributed by atoms with Crippen LogP contribution in [0.25, 0.3) is 0 Å². The van der Waals surface area contributed by atoms with Gasteiger partial charge in [-0.05, 0) is 12.1 Å². The maximum absolute atomic E-state index is 12.1. The summed E-state index contributed by atoms with van der Waals surface area (Å²) in [6, 6.07) is 3.69. The summed E-state index contributed by atoms with van der Waals surface area (Å²) in [6.07, 6.45) is 0. The van der Waals surface area contributed by atoms with Crippen molar-refractivity contribution in [2.45, 2.75) is 11.4 Å². The Hall–Kier alpha value is -2.04. The van der Waals surface area contributed by atoms with Crippen molar-refractivity contribution in [3.63, 3.8) is 0 Å². The Balaban J connectivity index is 2.27. The zero-order valence-corrected chi connectivity index (χ0v) is 12.6. The molecule has 1 heterocycles. The predicted molar refractivity (Wildman–Crippen MR) is 78.8 cm³/mol. The van der Waals surface area contributed by atoms with Crippen molar-refractivity contribution in [2.24, 2.45) is 0 Å². The van der Waals surface area contributed by atoms with Gasteiger partial charge < -0.3 is 5.32 Å². The highest BCUT2D eigenvalue weighted by molar-refractivity contribution is 7.89. The maximum atomic E-state index is 12.1. The number of benzene rings is 1. The van der Waals surface area contributed by atoms with E-state index in [1.807, 2.05) is 0 Å². The highest BCUT2D eigenvalue weighted by atomic mass is 32.2. The number of hydrogen-bond donors (Lipinski definition) is 2. The normalized spacial score (nSPS) is 11.3. The molecule has 21 heavy (non-hydrogen) atoms. The average molecular weight is 328 g/mol. The van der Waals surface area contributed by atoms with Gasteiger partial charge in [0, 0.05) is 18.5 Å². The van der Waals surface area contributed by atoms with E-state index in [0.717, 1.165) is 6.07 Å². The summed E-state index contributed by atoms with van der Waals surface area (Å²) in [4.78, 5) is 14.1. The number of nitro benzene ring substituents is 1. The van der Waals surface area contributed by atoms with Crippen molar-refractivity contribution in [3.05, 3.63) is 44.9 Å². The highest BCUT2D eigenvalue weighted by Crippen LogP contribution is 2.27. The van der Waals surface area contributed by atoms with Crippen LogP contribution in [0.5, 0.6) is 0 Å². The number of nitrogens with zero attached hydrogens (tertiary/aromatic N) is 2. The van der Waals surface area contributed by atoms with Crippen LogP contribution >= 0.6 is 11.3 Å². The molecule has 2 aromatic rings. The molecule has 0 bridgehead atoms. The Morgan fingerprint density at radius 2 is 2.19 bits per heavy atom. The molecular weight excluding hydrogens is 316 g/mol. The molecule has 0 radical (unpaired) electrons. The first-order valence-electron chi connectivity index (χ1n) is 5.77. The Morgan fingerprint density at radius 3 is 2.76 bits per heavy atom.